The van der Waals surface area contributed by atoms with Gasteiger partial charge in [0.05, 0.1) is 11.7 Å². The normalized spacial score (nSPS) is 15.0. The van der Waals surface area contributed by atoms with Gasteiger partial charge < -0.3 is 4.90 Å². The van der Waals surface area contributed by atoms with E-state index in [2.05, 4.69) is 82.6 Å². The van der Waals surface area contributed by atoms with Crippen LogP contribution >= 0.6 is 11.3 Å². The summed E-state index contributed by atoms with van der Waals surface area (Å²) < 4.78 is 1.06. The van der Waals surface area contributed by atoms with Crippen molar-refractivity contribution in [2.45, 2.75) is 13.0 Å². The number of hydrogen-bond donors (Lipinski definition) is 0. The summed E-state index contributed by atoms with van der Waals surface area (Å²) in [7, 11) is 0. The van der Waals surface area contributed by atoms with Gasteiger partial charge in [0.15, 0.2) is 0 Å². The molecular formula is C27H26N2OS. The van der Waals surface area contributed by atoms with Crippen LogP contribution < -0.4 is 10.3 Å². The van der Waals surface area contributed by atoms with Crippen LogP contribution in [0.2, 0.25) is 0 Å². The lowest BCUT2D eigenvalue weighted by atomic mass is 9.96. The number of fused-ring (bicyclic) bond motifs is 1. The van der Waals surface area contributed by atoms with Crippen molar-refractivity contribution in [1.29, 1.82) is 0 Å². The lowest BCUT2D eigenvalue weighted by Crippen LogP contribution is -2.49. The second-order valence-corrected chi connectivity index (χ2v) is 9.11. The fraction of sp³-hybridized carbons (Fsp3) is 0.222. The number of piperazine rings is 1. The van der Waals surface area contributed by atoms with Crippen molar-refractivity contribution >= 4 is 27.1 Å². The maximum Gasteiger partial charge on any atom is 0.211 e. The Kier molecular flexibility index (Phi) is 5.58. The second-order valence-electron chi connectivity index (χ2n) is 8.20. The van der Waals surface area contributed by atoms with Gasteiger partial charge in [-0.2, -0.15) is 0 Å². The summed E-state index contributed by atoms with van der Waals surface area (Å²) >= 11 is 1.67. The first-order valence-electron chi connectivity index (χ1n) is 10.8. The monoisotopic (exact) mass is 426 g/mol. The SMILES string of the molecule is Cc1ccc2scc(N3CCN(C(c4ccccc4)c4ccccc4)CC3)c(=O)c2c1. The molecule has 156 valence electrons. The van der Waals surface area contributed by atoms with Crippen LogP contribution in [-0.2, 0) is 0 Å². The quantitative estimate of drug-likeness (QED) is 0.432. The Labute approximate surface area is 187 Å². The Hall–Kier alpha value is -2.95. The molecule has 1 fully saturated rings. The lowest BCUT2D eigenvalue weighted by molar-refractivity contribution is 0.212. The molecule has 1 saturated heterocycles. The third-order valence-corrected chi connectivity index (χ3v) is 7.11. The van der Waals surface area contributed by atoms with Crippen molar-refractivity contribution in [1.82, 2.24) is 4.90 Å². The zero-order valence-electron chi connectivity index (χ0n) is 17.7. The molecule has 1 aliphatic rings. The van der Waals surface area contributed by atoms with Gasteiger partial charge in [-0.1, -0.05) is 72.3 Å². The number of aryl methyl sites for hydroxylation is 1. The van der Waals surface area contributed by atoms with Gasteiger partial charge >= 0.3 is 0 Å². The van der Waals surface area contributed by atoms with Crippen LogP contribution in [0.4, 0.5) is 5.69 Å². The molecule has 0 atom stereocenters. The largest absolute Gasteiger partial charge is 0.365 e. The van der Waals surface area contributed by atoms with E-state index in [0.29, 0.717) is 0 Å². The van der Waals surface area contributed by atoms with Crippen LogP contribution in [0, 0.1) is 6.92 Å². The molecule has 0 unspecified atom stereocenters. The van der Waals surface area contributed by atoms with E-state index in [9.17, 15) is 4.79 Å². The Morgan fingerprint density at radius 1 is 0.806 bits per heavy atom. The van der Waals surface area contributed by atoms with E-state index in [0.717, 1.165) is 47.5 Å². The minimum absolute atomic E-state index is 0.161. The van der Waals surface area contributed by atoms with Gasteiger partial charge in [-0.05, 0) is 30.2 Å². The number of anilines is 1. The molecule has 0 spiro atoms. The van der Waals surface area contributed by atoms with Crippen molar-refractivity contribution in [3.8, 4) is 0 Å². The predicted molar refractivity (Wildman–Crippen MR) is 131 cm³/mol. The second kappa shape index (κ2) is 8.66. The average Bonchev–Trinajstić information content (AvgIpc) is 2.82. The standard InChI is InChI=1S/C27H26N2OS/c1-20-12-13-25-23(18-20)27(30)24(19-31-25)28-14-16-29(17-15-28)26(21-8-4-2-5-9-21)22-10-6-3-7-11-22/h2-13,18-19,26H,14-17H2,1H3. The molecule has 1 aromatic heterocycles. The van der Waals surface area contributed by atoms with Gasteiger partial charge in [-0.3, -0.25) is 9.69 Å². The molecular weight excluding hydrogens is 400 g/mol. The van der Waals surface area contributed by atoms with Crippen molar-refractivity contribution < 1.29 is 0 Å². The molecule has 4 heteroatoms. The summed E-state index contributed by atoms with van der Waals surface area (Å²) in [6.45, 7) is 5.60. The van der Waals surface area contributed by atoms with Crippen molar-refractivity contribution in [2.24, 2.45) is 0 Å². The molecule has 0 aliphatic carbocycles. The highest BCUT2D eigenvalue weighted by Crippen LogP contribution is 2.30. The van der Waals surface area contributed by atoms with Gasteiger partial charge in [-0.25, -0.2) is 0 Å². The number of benzene rings is 3. The first-order chi connectivity index (χ1) is 15.2. The smallest absolute Gasteiger partial charge is 0.211 e. The average molecular weight is 427 g/mol. The highest BCUT2D eigenvalue weighted by atomic mass is 32.1. The fourth-order valence-electron chi connectivity index (χ4n) is 4.56. The molecule has 31 heavy (non-hydrogen) atoms. The predicted octanol–water partition coefficient (Wildman–Crippen LogP) is 5.48. The summed E-state index contributed by atoms with van der Waals surface area (Å²) in [5.74, 6) is 0. The van der Waals surface area contributed by atoms with Crippen LogP contribution in [-0.4, -0.2) is 31.1 Å². The maximum absolute atomic E-state index is 13.2. The Bertz CT molecular complexity index is 1190. The zero-order valence-corrected chi connectivity index (χ0v) is 18.5. The minimum atomic E-state index is 0.161. The summed E-state index contributed by atoms with van der Waals surface area (Å²) in [6, 6.07) is 27.9. The fourth-order valence-corrected chi connectivity index (χ4v) is 5.48. The third kappa shape index (κ3) is 4.01. The van der Waals surface area contributed by atoms with Gasteiger partial charge in [0.1, 0.15) is 0 Å². The van der Waals surface area contributed by atoms with Gasteiger partial charge in [0, 0.05) is 41.6 Å². The maximum atomic E-state index is 13.2. The van der Waals surface area contributed by atoms with Crippen LogP contribution in [0.3, 0.4) is 0 Å². The molecule has 2 heterocycles. The van der Waals surface area contributed by atoms with Gasteiger partial charge in [-0.15, -0.1) is 11.3 Å². The van der Waals surface area contributed by atoms with Crippen LogP contribution in [0.15, 0.2) is 89.0 Å². The summed E-state index contributed by atoms with van der Waals surface area (Å²) in [6.07, 6.45) is 0. The van der Waals surface area contributed by atoms with Gasteiger partial charge in [0.2, 0.25) is 5.43 Å². The molecule has 5 rings (SSSR count). The molecule has 4 aromatic rings. The van der Waals surface area contributed by atoms with Gasteiger partial charge in [0.25, 0.3) is 0 Å². The van der Waals surface area contributed by atoms with E-state index >= 15 is 0 Å². The van der Waals surface area contributed by atoms with E-state index in [1.54, 1.807) is 11.3 Å². The molecule has 0 bridgehead atoms. The first-order valence-corrected chi connectivity index (χ1v) is 11.7. The van der Waals surface area contributed by atoms with E-state index in [4.69, 9.17) is 0 Å². The van der Waals surface area contributed by atoms with E-state index in [1.165, 1.54) is 11.1 Å². The third-order valence-electron chi connectivity index (χ3n) is 6.16. The number of nitrogens with zero attached hydrogens (tertiary/aromatic N) is 2. The highest BCUT2D eigenvalue weighted by molar-refractivity contribution is 7.16. The Morgan fingerprint density at radius 2 is 1.42 bits per heavy atom. The molecule has 0 amide bonds. The van der Waals surface area contributed by atoms with Crippen LogP contribution in [0.5, 0.6) is 0 Å². The van der Waals surface area contributed by atoms with E-state index < -0.39 is 0 Å². The molecule has 0 N–H and O–H groups in total. The van der Waals surface area contributed by atoms with E-state index in [1.807, 2.05) is 18.4 Å². The van der Waals surface area contributed by atoms with E-state index in [-0.39, 0.29) is 11.5 Å². The topological polar surface area (TPSA) is 23.6 Å². The van der Waals surface area contributed by atoms with Crippen molar-refractivity contribution in [2.75, 3.05) is 31.1 Å². The molecule has 0 radical (unpaired) electrons. The zero-order chi connectivity index (χ0) is 21.2. The molecule has 3 aromatic carbocycles. The number of hydrogen-bond acceptors (Lipinski definition) is 4. The first kappa shape index (κ1) is 20.0. The molecule has 1 aliphatic heterocycles. The van der Waals surface area contributed by atoms with Crippen molar-refractivity contribution in [3.05, 3.63) is 111 Å². The number of rotatable bonds is 4. The lowest BCUT2D eigenvalue weighted by Gasteiger charge is -2.40. The Balaban J connectivity index is 1.41. The highest BCUT2D eigenvalue weighted by Gasteiger charge is 2.27. The van der Waals surface area contributed by atoms with Crippen LogP contribution in [0.1, 0.15) is 22.7 Å². The summed E-state index contributed by atoms with van der Waals surface area (Å²) in [5.41, 5.74) is 4.77. The summed E-state index contributed by atoms with van der Waals surface area (Å²) in [5, 5.41) is 2.89. The van der Waals surface area contributed by atoms with Crippen molar-refractivity contribution in [3.63, 3.8) is 0 Å². The summed E-state index contributed by atoms with van der Waals surface area (Å²) in [4.78, 5) is 18.0. The Morgan fingerprint density at radius 3 is 2.03 bits per heavy atom. The van der Waals surface area contributed by atoms with Crippen LogP contribution in [0.25, 0.3) is 10.1 Å². The molecule has 0 saturated carbocycles. The molecule has 3 nitrogen and oxygen atoms in total. The minimum Gasteiger partial charge on any atom is -0.365 e.